The average Bonchev–Trinajstić information content (AvgIpc) is 2.96. The largest absolute Gasteiger partial charge is 0.426 e. The predicted molar refractivity (Wildman–Crippen MR) is 160 cm³/mol. The fourth-order valence-corrected chi connectivity index (χ4v) is 4.33. The minimum atomic E-state index is -0.459. The molecule has 2 amide bonds. The van der Waals surface area contributed by atoms with E-state index in [1.807, 2.05) is 60.7 Å². The van der Waals surface area contributed by atoms with Gasteiger partial charge in [-0.2, -0.15) is 10.2 Å². The van der Waals surface area contributed by atoms with Crippen LogP contribution in [0.2, 0.25) is 0 Å². The van der Waals surface area contributed by atoms with E-state index < -0.39 is 11.9 Å². The highest BCUT2D eigenvalue weighted by molar-refractivity contribution is 6.04. The lowest BCUT2D eigenvalue weighted by molar-refractivity contribution is -0.132. The highest BCUT2D eigenvalue weighted by Gasteiger charge is 2.11. The zero-order valence-electron chi connectivity index (χ0n) is 23.3. The van der Waals surface area contributed by atoms with Crippen molar-refractivity contribution in [3.8, 4) is 11.5 Å². The Hall–Kier alpha value is -5.38. The average molecular weight is 567 g/mol. The number of hydrogen-bond donors (Lipinski definition) is 2. The van der Waals surface area contributed by atoms with Gasteiger partial charge in [0.15, 0.2) is 0 Å². The quantitative estimate of drug-likeness (QED) is 0.0862. The lowest BCUT2D eigenvalue weighted by atomic mass is 10.0. The first-order valence-corrected chi connectivity index (χ1v) is 13.4. The number of carbonyl (C=O) groups excluding carboxylic acids is 4. The molecule has 0 saturated carbocycles. The number of rotatable bonds is 11. The van der Waals surface area contributed by atoms with E-state index in [1.54, 1.807) is 12.1 Å². The van der Waals surface area contributed by atoms with Crippen LogP contribution in [-0.2, 0) is 19.2 Å². The van der Waals surface area contributed by atoms with Crippen molar-refractivity contribution in [3.63, 3.8) is 0 Å². The van der Waals surface area contributed by atoms with Gasteiger partial charge in [0.05, 0.1) is 12.4 Å². The molecule has 10 heteroatoms. The first-order chi connectivity index (χ1) is 20.3. The Labute approximate surface area is 242 Å². The van der Waals surface area contributed by atoms with Gasteiger partial charge in [0.1, 0.15) is 11.5 Å². The third-order valence-corrected chi connectivity index (χ3v) is 6.19. The molecule has 214 valence electrons. The number of hydrogen-bond acceptors (Lipinski definition) is 8. The van der Waals surface area contributed by atoms with E-state index in [1.165, 1.54) is 26.3 Å². The van der Waals surface area contributed by atoms with Crippen LogP contribution in [0.1, 0.15) is 50.7 Å². The molecule has 0 aliphatic rings. The predicted octanol–water partition coefficient (Wildman–Crippen LogP) is 5.00. The number of amides is 2. The van der Waals surface area contributed by atoms with Gasteiger partial charge in [-0.3, -0.25) is 19.2 Å². The molecule has 0 aromatic heterocycles. The molecule has 0 aliphatic carbocycles. The Balaban J connectivity index is 1.26. The second kappa shape index (κ2) is 14.3. The number of benzene rings is 4. The van der Waals surface area contributed by atoms with Crippen molar-refractivity contribution < 1.29 is 28.7 Å². The molecule has 4 rings (SSSR count). The van der Waals surface area contributed by atoms with Gasteiger partial charge in [-0.1, -0.05) is 60.7 Å². The molecule has 10 nitrogen and oxygen atoms in total. The summed E-state index contributed by atoms with van der Waals surface area (Å²) in [6.07, 6.45) is 4.17. The first-order valence-electron chi connectivity index (χ1n) is 13.4. The molecule has 0 heterocycles. The molecule has 0 fully saturated rings. The molecular formula is C32H30N4O6. The van der Waals surface area contributed by atoms with Gasteiger partial charge in [0, 0.05) is 37.8 Å². The van der Waals surface area contributed by atoms with Crippen LogP contribution in [0, 0.1) is 0 Å². The van der Waals surface area contributed by atoms with Crippen molar-refractivity contribution in [3.05, 3.63) is 83.9 Å². The summed E-state index contributed by atoms with van der Waals surface area (Å²) in [7, 11) is 0. The normalized spacial score (nSPS) is 11.2. The zero-order chi connectivity index (χ0) is 29.9. The first kappa shape index (κ1) is 29.6. The van der Waals surface area contributed by atoms with Gasteiger partial charge in [0.25, 0.3) is 0 Å². The minimum absolute atomic E-state index is 0.169. The lowest BCUT2D eigenvalue weighted by Crippen LogP contribution is -2.19. The molecule has 0 bridgehead atoms. The monoisotopic (exact) mass is 566 g/mol. The molecule has 0 radical (unpaired) electrons. The van der Waals surface area contributed by atoms with Gasteiger partial charge < -0.3 is 9.47 Å². The fraction of sp³-hybridized carbons (Fsp3) is 0.188. The number of hydrazone groups is 2. The lowest BCUT2D eigenvalue weighted by Gasteiger charge is -2.09. The van der Waals surface area contributed by atoms with E-state index in [9.17, 15) is 19.2 Å². The van der Waals surface area contributed by atoms with E-state index in [-0.39, 0.29) is 24.7 Å². The minimum Gasteiger partial charge on any atom is -0.426 e. The van der Waals surface area contributed by atoms with Gasteiger partial charge in [-0.15, -0.1) is 0 Å². The van der Waals surface area contributed by atoms with Crippen molar-refractivity contribution in [1.29, 1.82) is 0 Å². The van der Waals surface area contributed by atoms with Crippen LogP contribution in [0.4, 0.5) is 0 Å². The summed E-state index contributed by atoms with van der Waals surface area (Å²) in [4.78, 5) is 47.6. The van der Waals surface area contributed by atoms with Gasteiger partial charge in [-0.25, -0.2) is 10.9 Å². The maximum absolute atomic E-state index is 12.3. The molecule has 4 aromatic rings. The molecule has 0 atom stereocenters. The molecule has 0 spiro atoms. The van der Waals surface area contributed by atoms with Crippen molar-refractivity contribution >= 4 is 57.7 Å². The van der Waals surface area contributed by atoms with Crippen molar-refractivity contribution in [1.82, 2.24) is 10.9 Å². The molecule has 0 unspecified atom stereocenters. The maximum Gasteiger partial charge on any atom is 0.308 e. The van der Waals surface area contributed by atoms with Crippen molar-refractivity contribution in [2.45, 2.75) is 39.5 Å². The third-order valence-electron chi connectivity index (χ3n) is 6.19. The fourth-order valence-electron chi connectivity index (χ4n) is 4.33. The van der Waals surface area contributed by atoms with Crippen LogP contribution < -0.4 is 20.3 Å². The van der Waals surface area contributed by atoms with Crippen LogP contribution in [0.5, 0.6) is 11.5 Å². The number of nitrogens with one attached hydrogen (secondary N) is 2. The van der Waals surface area contributed by atoms with Gasteiger partial charge >= 0.3 is 11.9 Å². The Morgan fingerprint density at radius 1 is 0.619 bits per heavy atom. The van der Waals surface area contributed by atoms with Crippen LogP contribution in [-0.4, -0.2) is 36.2 Å². The SMILES string of the molecule is CC(=O)Oc1ccc2ccccc2c1C=NNC(=O)CCCCC(=O)NN=Cc1c(OC(C)=O)ccc2ccccc12. The standard InChI is InChI=1S/C32H30N4O6/c1-21(37)41-29-17-15-23-9-3-5-11-25(23)27(29)19-33-35-31(39)13-7-8-14-32(40)36-34-20-28-26-12-6-4-10-24(26)16-18-30(28)42-22(2)38/h3-6,9-12,15-20H,7-8,13-14H2,1-2H3,(H,35,39)(H,36,40). The van der Waals surface area contributed by atoms with E-state index >= 15 is 0 Å². The highest BCUT2D eigenvalue weighted by Crippen LogP contribution is 2.28. The molecule has 42 heavy (non-hydrogen) atoms. The van der Waals surface area contributed by atoms with Gasteiger partial charge in [0.2, 0.25) is 11.8 Å². The Kier molecular flexibility index (Phi) is 10.1. The number of nitrogens with zero attached hydrogens (tertiary/aromatic N) is 2. The summed E-state index contributed by atoms with van der Waals surface area (Å²) >= 11 is 0. The Morgan fingerprint density at radius 2 is 1.02 bits per heavy atom. The summed E-state index contributed by atoms with van der Waals surface area (Å²) in [6.45, 7) is 2.63. The molecule has 2 N–H and O–H groups in total. The topological polar surface area (TPSA) is 136 Å². The number of esters is 2. The number of ether oxygens (including phenoxy) is 2. The summed E-state index contributed by atoms with van der Waals surface area (Å²) in [6, 6.07) is 22.2. The molecule has 0 saturated heterocycles. The van der Waals surface area contributed by atoms with Crippen LogP contribution in [0.3, 0.4) is 0 Å². The second-order valence-electron chi connectivity index (χ2n) is 9.38. The molecule has 4 aromatic carbocycles. The summed E-state index contributed by atoms with van der Waals surface area (Å²) in [5, 5.41) is 11.6. The summed E-state index contributed by atoms with van der Waals surface area (Å²) < 4.78 is 10.6. The van der Waals surface area contributed by atoms with Crippen LogP contribution >= 0.6 is 0 Å². The van der Waals surface area contributed by atoms with Crippen molar-refractivity contribution in [2.24, 2.45) is 10.2 Å². The highest BCUT2D eigenvalue weighted by atomic mass is 16.5. The molecule has 0 aliphatic heterocycles. The van der Waals surface area contributed by atoms with Crippen LogP contribution in [0.25, 0.3) is 21.5 Å². The zero-order valence-corrected chi connectivity index (χ0v) is 23.3. The van der Waals surface area contributed by atoms with Gasteiger partial charge in [-0.05, 0) is 46.5 Å². The second-order valence-corrected chi connectivity index (χ2v) is 9.38. The van der Waals surface area contributed by atoms with E-state index in [0.29, 0.717) is 35.5 Å². The molecular weight excluding hydrogens is 536 g/mol. The Bertz CT molecular complexity index is 1570. The van der Waals surface area contributed by atoms with E-state index in [0.717, 1.165) is 21.5 Å². The van der Waals surface area contributed by atoms with E-state index in [2.05, 4.69) is 21.1 Å². The number of carbonyl (C=O) groups is 4. The van der Waals surface area contributed by atoms with E-state index in [4.69, 9.17) is 9.47 Å². The smallest absolute Gasteiger partial charge is 0.308 e. The summed E-state index contributed by atoms with van der Waals surface area (Å²) in [5.74, 6) is -0.856. The number of fused-ring (bicyclic) bond motifs is 2. The number of unbranched alkanes of at least 4 members (excludes halogenated alkanes) is 1. The summed E-state index contributed by atoms with van der Waals surface area (Å²) in [5.41, 5.74) is 6.11. The van der Waals surface area contributed by atoms with Crippen molar-refractivity contribution in [2.75, 3.05) is 0 Å². The third kappa shape index (κ3) is 8.07. The maximum atomic E-state index is 12.3. The Morgan fingerprint density at radius 3 is 1.43 bits per heavy atom. The van der Waals surface area contributed by atoms with Crippen LogP contribution in [0.15, 0.2) is 83.0 Å².